The van der Waals surface area contributed by atoms with Gasteiger partial charge in [-0.25, -0.2) is 0 Å². The quantitative estimate of drug-likeness (QED) is 0.542. The summed E-state index contributed by atoms with van der Waals surface area (Å²) in [5.41, 5.74) is 2.77. The van der Waals surface area contributed by atoms with Crippen molar-refractivity contribution in [3.05, 3.63) is 11.8 Å². The van der Waals surface area contributed by atoms with E-state index in [2.05, 4.69) is 9.79 Å². The fourth-order valence-corrected chi connectivity index (χ4v) is 0.482. The Bertz CT molecular complexity index is 81.8. The average Bonchev–Trinajstić information content (AvgIpc) is 1.41. The SMILES string of the molecule is CC=C=[C]=[W]. The molecule has 0 aromatic carbocycles. The van der Waals surface area contributed by atoms with Crippen LogP contribution in [0.2, 0.25) is 0 Å². The Kier molecular flexibility index (Phi) is 4.22. The first-order valence-corrected chi connectivity index (χ1v) is 2.79. The molecule has 0 aromatic rings. The van der Waals surface area contributed by atoms with Gasteiger partial charge in [0.2, 0.25) is 0 Å². The number of rotatable bonds is 0. The van der Waals surface area contributed by atoms with Crippen molar-refractivity contribution in [2.24, 2.45) is 0 Å². The van der Waals surface area contributed by atoms with Gasteiger partial charge in [0.1, 0.15) is 0 Å². The molecule has 0 aliphatic rings. The van der Waals surface area contributed by atoms with Crippen molar-refractivity contribution in [2.75, 3.05) is 0 Å². The summed E-state index contributed by atoms with van der Waals surface area (Å²) in [7, 11) is 0. The van der Waals surface area contributed by atoms with Gasteiger partial charge in [-0.3, -0.25) is 0 Å². The molecule has 0 heterocycles. The third-order valence-electron chi connectivity index (χ3n) is 0.203. The normalized spacial score (nSPS) is 4.20. The van der Waals surface area contributed by atoms with Gasteiger partial charge in [0.05, 0.1) is 0 Å². The van der Waals surface area contributed by atoms with Crippen LogP contribution in [0, 0.1) is 0 Å². The van der Waals surface area contributed by atoms with Gasteiger partial charge in [-0.1, -0.05) is 0 Å². The van der Waals surface area contributed by atoms with E-state index in [0.29, 0.717) is 0 Å². The molecule has 0 atom stereocenters. The molecule has 0 spiro atoms. The van der Waals surface area contributed by atoms with Crippen LogP contribution in [0.5, 0.6) is 0 Å². The molecule has 0 saturated heterocycles. The van der Waals surface area contributed by atoms with Crippen molar-refractivity contribution in [1.29, 1.82) is 0 Å². The first-order chi connectivity index (χ1) is 2.41. The zero-order valence-corrected chi connectivity index (χ0v) is 5.92. The van der Waals surface area contributed by atoms with Crippen molar-refractivity contribution >= 4 is 4.06 Å². The summed E-state index contributed by atoms with van der Waals surface area (Å²) in [6.07, 6.45) is 1.84. The summed E-state index contributed by atoms with van der Waals surface area (Å²) >= 11 is 1.33. The second-order valence-electron chi connectivity index (χ2n) is 0.535. The van der Waals surface area contributed by atoms with Crippen LogP contribution in [0.3, 0.4) is 0 Å². The van der Waals surface area contributed by atoms with E-state index in [4.69, 9.17) is 0 Å². The van der Waals surface area contributed by atoms with Crippen LogP contribution in [-0.4, -0.2) is 4.06 Å². The maximum atomic E-state index is 2.80. The Hall–Kier alpha value is 0.118. The number of allylic oxidation sites excluding steroid dienone is 1. The standard InChI is InChI=1S/C4H4.W/c1-3-4-2;/h3H,1H3;. The van der Waals surface area contributed by atoms with Gasteiger partial charge in [0.15, 0.2) is 0 Å². The number of hydrogen-bond acceptors (Lipinski definition) is 0. The van der Waals surface area contributed by atoms with Crippen molar-refractivity contribution in [3.8, 4) is 0 Å². The molecule has 0 aliphatic heterocycles. The monoisotopic (exact) mass is 236 g/mol. The van der Waals surface area contributed by atoms with Gasteiger partial charge in [-0.15, -0.1) is 0 Å². The minimum atomic E-state index is 1.33. The van der Waals surface area contributed by atoms with Gasteiger partial charge < -0.3 is 0 Å². The van der Waals surface area contributed by atoms with Crippen LogP contribution in [0.25, 0.3) is 0 Å². The van der Waals surface area contributed by atoms with Crippen molar-refractivity contribution < 1.29 is 19.4 Å². The molecule has 0 bridgehead atoms. The second kappa shape index (κ2) is 4.12. The molecule has 26 valence electrons. The Labute approximate surface area is 42.6 Å². The average molecular weight is 236 g/mol. The van der Waals surface area contributed by atoms with Crippen LogP contribution in [-0.2, 0) is 19.4 Å². The zero-order valence-electron chi connectivity index (χ0n) is 2.99. The molecule has 0 fully saturated rings. The van der Waals surface area contributed by atoms with Crippen molar-refractivity contribution in [1.82, 2.24) is 0 Å². The second-order valence-corrected chi connectivity index (χ2v) is 1.27. The van der Waals surface area contributed by atoms with Crippen molar-refractivity contribution in [2.45, 2.75) is 6.92 Å². The van der Waals surface area contributed by atoms with Gasteiger partial charge in [0.25, 0.3) is 0 Å². The first kappa shape index (κ1) is 5.12. The molecule has 0 N–H and O–H groups in total. The van der Waals surface area contributed by atoms with E-state index in [9.17, 15) is 0 Å². The summed E-state index contributed by atoms with van der Waals surface area (Å²) in [4.78, 5) is 0. The van der Waals surface area contributed by atoms with Crippen LogP contribution < -0.4 is 0 Å². The van der Waals surface area contributed by atoms with Crippen LogP contribution in [0.1, 0.15) is 6.92 Å². The topological polar surface area (TPSA) is 0 Å². The van der Waals surface area contributed by atoms with E-state index < -0.39 is 0 Å². The fraction of sp³-hybridized carbons (Fsp3) is 0.250. The molecule has 0 aliphatic carbocycles. The summed E-state index contributed by atoms with van der Waals surface area (Å²) in [5, 5.41) is 0. The minimum absolute atomic E-state index is 1.33. The predicted octanol–water partition coefficient (Wildman–Crippen LogP) is 0.665. The van der Waals surface area contributed by atoms with Gasteiger partial charge in [-0.2, -0.15) is 0 Å². The molecular weight excluding hydrogens is 232 g/mol. The predicted molar refractivity (Wildman–Crippen MR) is 18.8 cm³/mol. The summed E-state index contributed by atoms with van der Waals surface area (Å²) in [6.45, 7) is 1.93. The van der Waals surface area contributed by atoms with E-state index in [1.807, 2.05) is 13.0 Å². The molecular formula is C4H4W. The Morgan fingerprint density at radius 1 is 1.80 bits per heavy atom. The van der Waals surface area contributed by atoms with Gasteiger partial charge in [0, 0.05) is 0 Å². The molecule has 0 nitrogen and oxygen atoms in total. The van der Waals surface area contributed by atoms with Crippen molar-refractivity contribution in [3.63, 3.8) is 0 Å². The molecule has 1 heteroatoms. The van der Waals surface area contributed by atoms with E-state index in [0.717, 1.165) is 0 Å². The van der Waals surface area contributed by atoms with Gasteiger partial charge >= 0.3 is 42.1 Å². The Balaban J connectivity index is 3.75. The zero-order chi connectivity index (χ0) is 4.12. The molecule has 0 radical (unpaired) electrons. The third-order valence-corrected chi connectivity index (χ3v) is 0.627. The van der Waals surface area contributed by atoms with Gasteiger partial charge in [-0.05, 0) is 0 Å². The van der Waals surface area contributed by atoms with Crippen LogP contribution in [0.4, 0.5) is 0 Å². The van der Waals surface area contributed by atoms with E-state index >= 15 is 0 Å². The van der Waals surface area contributed by atoms with Crippen LogP contribution in [0.15, 0.2) is 11.8 Å². The van der Waals surface area contributed by atoms with Crippen LogP contribution >= 0.6 is 0 Å². The summed E-state index contributed by atoms with van der Waals surface area (Å²) in [6, 6.07) is 0. The van der Waals surface area contributed by atoms with E-state index in [-0.39, 0.29) is 0 Å². The summed E-state index contributed by atoms with van der Waals surface area (Å²) in [5.74, 6) is 0. The van der Waals surface area contributed by atoms with E-state index in [1.54, 1.807) is 0 Å². The third kappa shape index (κ3) is 4.12. The molecule has 5 heavy (non-hydrogen) atoms. The Morgan fingerprint density at radius 3 is 2.40 bits per heavy atom. The number of hydrogen-bond donors (Lipinski definition) is 0. The molecule has 0 saturated carbocycles. The molecule has 0 rings (SSSR count). The molecule has 0 amide bonds. The summed E-state index contributed by atoms with van der Waals surface area (Å²) < 4.78 is 2.80. The fourth-order valence-electron chi connectivity index (χ4n) is 0.0589. The Morgan fingerprint density at radius 2 is 2.40 bits per heavy atom. The maximum absolute atomic E-state index is 2.80. The van der Waals surface area contributed by atoms with E-state index in [1.165, 1.54) is 19.4 Å². The molecule has 0 unspecified atom stereocenters. The first-order valence-electron chi connectivity index (χ1n) is 1.32. The molecule has 0 aromatic heterocycles.